The lowest BCUT2D eigenvalue weighted by atomic mass is 9.87. The van der Waals surface area contributed by atoms with Crippen molar-refractivity contribution in [2.24, 2.45) is 0 Å². The fraction of sp³-hybridized carbons (Fsp3) is 0.522. The van der Waals surface area contributed by atoms with Gasteiger partial charge in [-0.15, -0.1) is 11.3 Å². The van der Waals surface area contributed by atoms with E-state index in [0.29, 0.717) is 12.6 Å². The number of nitrogens with one attached hydrogen (secondary N) is 1. The molecule has 0 bridgehead atoms. The third kappa shape index (κ3) is 4.79. The van der Waals surface area contributed by atoms with Gasteiger partial charge in [0.1, 0.15) is 5.82 Å². The SMILES string of the molecule is COC[C@@]1(C)CN(c2nccs2)c2nc(N/C(C)=C/C=C(\C)N3CCN(C)CC3)ncc21. The number of hydrogen-bond donors (Lipinski definition) is 1. The number of piperazine rings is 1. The molecule has 8 nitrogen and oxygen atoms in total. The first-order chi connectivity index (χ1) is 15.4. The van der Waals surface area contributed by atoms with Crippen LogP contribution in [0, 0.1) is 0 Å². The van der Waals surface area contributed by atoms with E-state index in [1.165, 1.54) is 5.70 Å². The van der Waals surface area contributed by atoms with Gasteiger partial charge in [-0.3, -0.25) is 0 Å². The van der Waals surface area contributed by atoms with Gasteiger partial charge in [-0.2, -0.15) is 4.98 Å². The summed E-state index contributed by atoms with van der Waals surface area (Å²) in [4.78, 5) is 21.0. The summed E-state index contributed by atoms with van der Waals surface area (Å²) in [6.07, 6.45) is 8.01. The average Bonchev–Trinajstić information content (AvgIpc) is 3.40. The summed E-state index contributed by atoms with van der Waals surface area (Å²) in [7, 11) is 3.91. The van der Waals surface area contributed by atoms with E-state index in [-0.39, 0.29) is 5.41 Å². The molecule has 1 N–H and O–H groups in total. The van der Waals surface area contributed by atoms with E-state index in [1.807, 2.05) is 24.7 Å². The van der Waals surface area contributed by atoms with Crippen LogP contribution in [0.2, 0.25) is 0 Å². The maximum Gasteiger partial charge on any atom is 0.228 e. The van der Waals surface area contributed by atoms with Gasteiger partial charge in [0.05, 0.1) is 6.61 Å². The number of anilines is 3. The molecule has 0 spiro atoms. The monoisotopic (exact) mass is 455 g/mol. The van der Waals surface area contributed by atoms with Crippen molar-refractivity contribution in [3.05, 3.63) is 46.9 Å². The van der Waals surface area contributed by atoms with Gasteiger partial charge in [0.2, 0.25) is 5.95 Å². The summed E-state index contributed by atoms with van der Waals surface area (Å²) in [5, 5.41) is 6.28. The Morgan fingerprint density at radius 2 is 2.00 bits per heavy atom. The standard InChI is InChI=1S/C23H33N7OS/c1-17(6-7-18(2)29-11-9-28(4)10-12-29)26-21-25-14-19-20(27-21)30(22-24-8-13-32-22)15-23(19,3)16-31-5/h6-8,13-14H,9-12,15-16H2,1-5H3,(H,25,26,27)/b17-6+,18-7+/t23-/m1/s1. The molecule has 0 amide bonds. The van der Waals surface area contributed by atoms with Gasteiger partial charge in [0.25, 0.3) is 0 Å². The number of likely N-dealkylation sites (N-methyl/N-ethyl adjacent to an activating group) is 1. The molecule has 0 unspecified atom stereocenters. The molecule has 9 heteroatoms. The topological polar surface area (TPSA) is 69.7 Å². The van der Waals surface area contributed by atoms with Gasteiger partial charge in [0.15, 0.2) is 5.13 Å². The smallest absolute Gasteiger partial charge is 0.228 e. The quantitative estimate of drug-likeness (QED) is 0.637. The molecule has 1 saturated heterocycles. The second kappa shape index (κ2) is 9.56. The predicted molar refractivity (Wildman–Crippen MR) is 131 cm³/mol. The summed E-state index contributed by atoms with van der Waals surface area (Å²) in [5.74, 6) is 1.49. The number of fused-ring (bicyclic) bond motifs is 1. The summed E-state index contributed by atoms with van der Waals surface area (Å²) < 4.78 is 5.52. The Morgan fingerprint density at radius 1 is 1.22 bits per heavy atom. The average molecular weight is 456 g/mol. The van der Waals surface area contributed by atoms with Crippen LogP contribution in [-0.2, 0) is 10.2 Å². The Kier molecular flexibility index (Phi) is 6.78. The van der Waals surface area contributed by atoms with E-state index in [0.717, 1.165) is 54.9 Å². The Balaban J connectivity index is 1.52. The second-order valence-corrected chi connectivity index (χ2v) is 9.77. The van der Waals surface area contributed by atoms with Crippen molar-refractivity contribution < 1.29 is 4.74 Å². The zero-order valence-electron chi connectivity index (χ0n) is 19.6. The van der Waals surface area contributed by atoms with Crippen molar-refractivity contribution >= 4 is 28.2 Å². The number of hydrogen-bond acceptors (Lipinski definition) is 9. The Labute approximate surface area is 194 Å². The first-order valence-corrected chi connectivity index (χ1v) is 11.9. The maximum atomic E-state index is 5.52. The lowest BCUT2D eigenvalue weighted by Gasteiger charge is -2.34. The summed E-state index contributed by atoms with van der Waals surface area (Å²) in [6, 6.07) is 0. The molecule has 2 aliphatic rings. The van der Waals surface area contributed by atoms with Crippen LogP contribution >= 0.6 is 11.3 Å². The molecule has 0 radical (unpaired) electrons. The molecule has 32 heavy (non-hydrogen) atoms. The first-order valence-electron chi connectivity index (χ1n) is 11.0. The molecule has 4 rings (SSSR count). The van der Waals surface area contributed by atoms with Crippen LogP contribution in [0.3, 0.4) is 0 Å². The van der Waals surface area contributed by atoms with E-state index in [9.17, 15) is 0 Å². The van der Waals surface area contributed by atoms with Gasteiger partial charge in [-0.05, 0) is 33.0 Å². The molecule has 0 aromatic carbocycles. The van der Waals surface area contributed by atoms with Gasteiger partial charge >= 0.3 is 0 Å². The molecule has 2 aromatic rings. The first kappa shape index (κ1) is 22.7. The lowest BCUT2D eigenvalue weighted by Crippen LogP contribution is -2.43. The van der Waals surface area contributed by atoms with Crippen LogP contribution in [0.5, 0.6) is 0 Å². The normalized spacial score (nSPS) is 22.4. The van der Waals surface area contributed by atoms with Crippen molar-refractivity contribution in [1.29, 1.82) is 0 Å². The van der Waals surface area contributed by atoms with E-state index < -0.39 is 0 Å². The van der Waals surface area contributed by atoms with Gasteiger partial charge in [-0.1, -0.05) is 6.92 Å². The minimum atomic E-state index is -0.179. The van der Waals surface area contributed by atoms with Gasteiger partial charge < -0.3 is 24.8 Å². The van der Waals surface area contributed by atoms with Crippen LogP contribution in [0.4, 0.5) is 16.9 Å². The van der Waals surface area contributed by atoms with E-state index >= 15 is 0 Å². The van der Waals surface area contributed by atoms with E-state index in [4.69, 9.17) is 9.72 Å². The number of ether oxygens (including phenoxy) is 1. The summed E-state index contributed by atoms with van der Waals surface area (Å²) in [6.45, 7) is 12.1. The molecule has 0 aliphatic carbocycles. The minimum absolute atomic E-state index is 0.179. The second-order valence-electron chi connectivity index (χ2n) is 8.90. The lowest BCUT2D eigenvalue weighted by molar-refractivity contribution is 0.145. The maximum absolute atomic E-state index is 5.52. The molecule has 1 fully saturated rings. The zero-order chi connectivity index (χ0) is 22.7. The molecular weight excluding hydrogens is 422 g/mol. The molecule has 2 aromatic heterocycles. The molecule has 2 aliphatic heterocycles. The number of aromatic nitrogens is 3. The largest absolute Gasteiger partial charge is 0.384 e. The van der Waals surface area contributed by atoms with Crippen LogP contribution in [0.15, 0.2) is 41.3 Å². The molecule has 0 saturated carbocycles. The molecule has 4 heterocycles. The number of rotatable bonds is 7. The number of nitrogens with zero attached hydrogens (tertiary/aromatic N) is 6. The predicted octanol–water partition coefficient (Wildman–Crippen LogP) is 3.46. The third-order valence-electron chi connectivity index (χ3n) is 6.18. The summed E-state index contributed by atoms with van der Waals surface area (Å²) >= 11 is 1.61. The zero-order valence-corrected chi connectivity index (χ0v) is 20.4. The van der Waals surface area contributed by atoms with Crippen molar-refractivity contribution in [3.8, 4) is 0 Å². The van der Waals surface area contributed by atoms with E-state index in [2.05, 4.69) is 63.0 Å². The highest BCUT2D eigenvalue weighted by Gasteiger charge is 2.42. The van der Waals surface area contributed by atoms with Crippen molar-refractivity contribution in [3.63, 3.8) is 0 Å². The number of methoxy groups -OCH3 is 1. The Bertz CT molecular complexity index is 982. The van der Waals surface area contributed by atoms with Crippen molar-refractivity contribution in [1.82, 2.24) is 24.8 Å². The van der Waals surface area contributed by atoms with Crippen molar-refractivity contribution in [2.45, 2.75) is 26.2 Å². The van der Waals surface area contributed by atoms with E-state index in [1.54, 1.807) is 18.4 Å². The highest BCUT2D eigenvalue weighted by atomic mass is 32.1. The van der Waals surface area contributed by atoms with Crippen molar-refractivity contribution in [2.75, 3.05) is 63.7 Å². The summed E-state index contributed by atoms with van der Waals surface area (Å²) in [5.41, 5.74) is 3.19. The Morgan fingerprint density at radius 3 is 2.69 bits per heavy atom. The third-order valence-corrected chi connectivity index (χ3v) is 6.97. The highest BCUT2D eigenvalue weighted by Crippen LogP contribution is 2.44. The minimum Gasteiger partial charge on any atom is -0.384 e. The molecule has 172 valence electrons. The van der Waals surface area contributed by atoms with Crippen LogP contribution in [-0.4, -0.2) is 78.2 Å². The van der Waals surface area contributed by atoms with Crippen LogP contribution in [0.25, 0.3) is 0 Å². The molecular formula is C23H33N7OS. The molecule has 1 atom stereocenters. The van der Waals surface area contributed by atoms with Crippen LogP contribution < -0.4 is 10.2 Å². The van der Waals surface area contributed by atoms with Gasteiger partial charge in [-0.25, -0.2) is 9.97 Å². The number of allylic oxidation sites excluding steroid dienone is 4. The highest BCUT2D eigenvalue weighted by molar-refractivity contribution is 7.13. The fourth-order valence-corrected chi connectivity index (χ4v) is 4.89. The fourth-order valence-electron chi connectivity index (χ4n) is 4.25. The Hall–Kier alpha value is -2.49. The number of thiazole rings is 1. The van der Waals surface area contributed by atoms with Gasteiger partial charge in [0, 0.05) is 80.0 Å². The van der Waals surface area contributed by atoms with Crippen LogP contribution in [0.1, 0.15) is 26.3 Å².